The van der Waals surface area contributed by atoms with Gasteiger partial charge in [0.15, 0.2) is 5.96 Å². The summed E-state index contributed by atoms with van der Waals surface area (Å²) in [5, 5.41) is 3.71. The smallest absolute Gasteiger partial charge is 0.189 e. The molecule has 0 atom stereocenters. The fraction of sp³-hybridized carbons (Fsp3) is 0.267. The number of hydrogen-bond donors (Lipinski definition) is 2. The number of hydrogen-bond acceptors (Lipinski definition) is 2. The second-order valence-electron chi connectivity index (χ2n) is 4.80. The second kappa shape index (κ2) is 5.77. The van der Waals surface area contributed by atoms with Gasteiger partial charge in [0.25, 0.3) is 0 Å². The number of nitrogens with one attached hydrogen (secondary N) is 1. The highest BCUT2D eigenvalue weighted by atomic mass is 19.1. The molecule has 0 saturated heterocycles. The number of benzene rings is 1. The number of halogens is 1. The van der Waals surface area contributed by atoms with Gasteiger partial charge in [0, 0.05) is 17.5 Å². The molecule has 0 fully saturated rings. The van der Waals surface area contributed by atoms with E-state index in [1.54, 1.807) is 6.07 Å². The summed E-state index contributed by atoms with van der Waals surface area (Å²) in [6.07, 6.45) is 0. The molecular formula is C15H18FN3O. The molecule has 1 aromatic heterocycles. The fourth-order valence-electron chi connectivity index (χ4n) is 1.85. The van der Waals surface area contributed by atoms with Crippen LogP contribution in [0.25, 0.3) is 11.0 Å². The molecule has 5 heteroatoms. The molecule has 0 saturated carbocycles. The number of aryl methyl sites for hydroxylation is 1. The van der Waals surface area contributed by atoms with E-state index >= 15 is 0 Å². The maximum Gasteiger partial charge on any atom is 0.189 e. The summed E-state index contributed by atoms with van der Waals surface area (Å²) in [6.45, 7) is 8.45. The summed E-state index contributed by atoms with van der Waals surface area (Å²) >= 11 is 0. The van der Waals surface area contributed by atoms with E-state index in [4.69, 9.17) is 10.2 Å². The third-order valence-corrected chi connectivity index (χ3v) is 2.96. The predicted octanol–water partition coefficient (Wildman–Crippen LogP) is 2.86. The predicted molar refractivity (Wildman–Crippen MR) is 79.1 cm³/mol. The minimum atomic E-state index is -0.279. The Bertz CT molecular complexity index is 673. The zero-order valence-corrected chi connectivity index (χ0v) is 11.7. The third kappa shape index (κ3) is 3.17. The van der Waals surface area contributed by atoms with Gasteiger partial charge >= 0.3 is 0 Å². The topological polar surface area (TPSA) is 63.5 Å². The first-order chi connectivity index (χ1) is 9.47. The van der Waals surface area contributed by atoms with E-state index in [0.717, 1.165) is 16.5 Å². The normalized spacial score (nSPS) is 11.8. The van der Waals surface area contributed by atoms with Crippen LogP contribution < -0.4 is 11.1 Å². The van der Waals surface area contributed by atoms with Crippen molar-refractivity contribution in [3.8, 4) is 0 Å². The number of nitrogens with two attached hydrogens (primary N) is 1. The molecule has 0 aliphatic heterocycles. The quantitative estimate of drug-likeness (QED) is 0.512. The highest BCUT2D eigenvalue weighted by Crippen LogP contribution is 2.26. The average molecular weight is 275 g/mol. The van der Waals surface area contributed by atoms with E-state index < -0.39 is 0 Å². The van der Waals surface area contributed by atoms with Crippen molar-refractivity contribution in [2.75, 3.05) is 6.54 Å². The van der Waals surface area contributed by atoms with Crippen LogP contribution in [0.4, 0.5) is 4.39 Å². The third-order valence-electron chi connectivity index (χ3n) is 2.96. The molecule has 1 heterocycles. The van der Waals surface area contributed by atoms with Crippen LogP contribution in [0.3, 0.4) is 0 Å². The van der Waals surface area contributed by atoms with Crippen LogP contribution in [-0.4, -0.2) is 12.5 Å². The lowest BCUT2D eigenvalue weighted by molar-refractivity contribution is 0.547. The van der Waals surface area contributed by atoms with Crippen molar-refractivity contribution in [3.05, 3.63) is 47.5 Å². The maximum atomic E-state index is 13.2. The SMILES string of the molecule is C=C(C)CNC(N)=NCc1oc2ccc(F)cc2c1C. The first-order valence-electron chi connectivity index (χ1n) is 6.33. The van der Waals surface area contributed by atoms with Crippen molar-refractivity contribution < 1.29 is 8.81 Å². The maximum absolute atomic E-state index is 13.2. The minimum Gasteiger partial charge on any atom is -0.459 e. The van der Waals surface area contributed by atoms with Gasteiger partial charge < -0.3 is 15.5 Å². The standard InChI is InChI=1S/C15H18FN3O/c1-9(2)7-18-15(17)19-8-14-10(3)12-6-11(16)4-5-13(12)20-14/h4-6H,1,7-8H2,2-3H3,(H3,17,18,19). The van der Waals surface area contributed by atoms with Crippen molar-refractivity contribution in [3.63, 3.8) is 0 Å². The Morgan fingerprint density at radius 2 is 2.25 bits per heavy atom. The molecule has 0 aliphatic carbocycles. The molecule has 0 bridgehead atoms. The van der Waals surface area contributed by atoms with Crippen LogP contribution in [0.2, 0.25) is 0 Å². The van der Waals surface area contributed by atoms with Crippen LogP contribution in [0, 0.1) is 12.7 Å². The van der Waals surface area contributed by atoms with E-state index in [1.165, 1.54) is 12.1 Å². The summed E-state index contributed by atoms with van der Waals surface area (Å²) in [4.78, 5) is 4.20. The van der Waals surface area contributed by atoms with Crippen LogP contribution in [-0.2, 0) is 6.54 Å². The van der Waals surface area contributed by atoms with Gasteiger partial charge in [-0.25, -0.2) is 9.38 Å². The van der Waals surface area contributed by atoms with E-state index in [2.05, 4.69) is 16.9 Å². The molecular weight excluding hydrogens is 257 g/mol. The Hall–Kier alpha value is -2.30. The molecule has 1 aromatic carbocycles. The molecule has 2 aromatic rings. The van der Waals surface area contributed by atoms with Crippen LogP contribution >= 0.6 is 0 Å². The summed E-state index contributed by atoms with van der Waals surface area (Å²) in [5.74, 6) is 0.740. The largest absolute Gasteiger partial charge is 0.459 e. The molecule has 0 aliphatic rings. The van der Waals surface area contributed by atoms with Gasteiger partial charge in [-0.2, -0.15) is 0 Å². The Kier molecular flexibility index (Phi) is 4.08. The van der Waals surface area contributed by atoms with Crippen molar-refractivity contribution >= 4 is 16.9 Å². The second-order valence-corrected chi connectivity index (χ2v) is 4.80. The van der Waals surface area contributed by atoms with Crippen molar-refractivity contribution in [2.24, 2.45) is 10.7 Å². The molecule has 0 spiro atoms. The number of furan rings is 1. The van der Waals surface area contributed by atoms with E-state index in [9.17, 15) is 4.39 Å². The van der Waals surface area contributed by atoms with Gasteiger partial charge in [0.05, 0.1) is 0 Å². The number of nitrogens with zero attached hydrogens (tertiary/aromatic N) is 1. The first kappa shape index (κ1) is 14.1. The van der Waals surface area contributed by atoms with Crippen molar-refractivity contribution in [2.45, 2.75) is 20.4 Å². The Morgan fingerprint density at radius 3 is 2.95 bits per heavy atom. The molecule has 20 heavy (non-hydrogen) atoms. The molecule has 0 radical (unpaired) electrons. The molecule has 106 valence electrons. The first-order valence-corrected chi connectivity index (χ1v) is 6.33. The van der Waals surface area contributed by atoms with E-state index in [0.29, 0.717) is 30.4 Å². The Labute approximate surface area is 117 Å². The number of aliphatic imine (C=N–C) groups is 1. The Balaban J connectivity index is 2.15. The Morgan fingerprint density at radius 1 is 1.50 bits per heavy atom. The molecule has 2 rings (SSSR count). The van der Waals surface area contributed by atoms with Crippen LogP contribution in [0.15, 0.2) is 39.8 Å². The van der Waals surface area contributed by atoms with E-state index in [1.807, 2.05) is 13.8 Å². The lowest BCUT2D eigenvalue weighted by Gasteiger charge is -2.04. The average Bonchev–Trinajstić information content (AvgIpc) is 2.71. The minimum absolute atomic E-state index is 0.279. The van der Waals surface area contributed by atoms with Crippen molar-refractivity contribution in [1.29, 1.82) is 0 Å². The highest BCUT2D eigenvalue weighted by Gasteiger charge is 2.10. The summed E-state index contributed by atoms with van der Waals surface area (Å²) in [5.41, 5.74) is 8.25. The van der Waals surface area contributed by atoms with Gasteiger partial charge in [0.1, 0.15) is 23.7 Å². The number of guanidine groups is 1. The zero-order valence-electron chi connectivity index (χ0n) is 11.7. The zero-order chi connectivity index (χ0) is 14.7. The molecule has 4 nitrogen and oxygen atoms in total. The molecule has 0 amide bonds. The lowest BCUT2D eigenvalue weighted by Crippen LogP contribution is -2.32. The number of fused-ring (bicyclic) bond motifs is 1. The van der Waals surface area contributed by atoms with Gasteiger partial charge in [0.2, 0.25) is 0 Å². The van der Waals surface area contributed by atoms with E-state index in [-0.39, 0.29) is 5.82 Å². The number of rotatable bonds is 4. The van der Waals surface area contributed by atoms with Gasteiger partial charge in [-0.1, -0.05) is 12.2 Å². The van der Waals surface area contributed by atoms with Gasteiger partial charge in [-0.15, -0.1) is 0 Å². The van der Waals surface area contributed by atoms with Crippen LogP contribution in [0.5, 0.6) is 0 Å². The molecule has 0 unspecified atom stereocenters. The van der Waals surface area contributed by atoms with Gasteiger partial charge in [-0.3, -0.25) is 0 Å². The van der Waals surface area contributed by atoms with Crippen LogP contribution in [0.1, 0.15) is 18.2 Å². The van der Waals surface area contributed by atoms with Crippen molar-refractivity contribution in [1.82, 2.24) is 5.32 Å². The summed E-state index contributed by atoms with van der Waals surface area (Å²) in [7, 11) is 0. The fourth-order valence-corrected chi connectivity index (χ4v) is 1.85. The highest BCUT2D eigenvalue weighted by molar-refractivity contribution is 5.82. The summed E-state index contributed by atoms with van der Waals surface area (Å²) < 4.78 is 18.9. The lowest BCUT2D eigenvalue weighted by atomic mass is 10.1. The monoisotopic (exact) mass is 275 g/mol. The van der Waals surface area contributed by atoms with Gasteiger partial charge in [-0.05, 0) is 32.0 Å². The molecule has 3 N–H and O–H groups in total. The summed E-state index contributed by atoms with van der Waals surface area (Å²) in [6, 6.07) is 4.46.